The van der Waals surface area contributed by atoms with Gasteiger partial charge in [-0.15, -0.1) is 0 Å². The van der Waals surface area contributed by atoms with Crippen LogP contribution >= 0.6 is 38.5 Å². The van der Waals surface area contributed by atoms with Gasteiger partial charge in [-0.3, -0.25) is 0 Å². The second-order valence-electron chi connectivity index (χ2n) is 1.82. The number of alkyl halides is 1. The summed E-state index contributed by atoms with van der Waals surface area (Å²) in [5.74, 6) is 0. The van der Waals surface area contributed by atoms with Crippen molar-refractivity contribution in [3.63, 3.8) is 0 Å². The van der Waals surface area contributed by atoms with Crippen molar-refractivity contribution in [2.45, 2.75) is 23.2 Å². The molecular weight excluding hydrogens is 317 g/mol. The molecule has 0 unspecified atom stereocenters. The molecule has 0 saturated heterocycles. The fourth-order valence-electron chi connectivity index (χ4n) is 0.213. The van der Waals surface area contributed by atoms with E-state index in [0.29, 0.717) is 0 Å². The zero-order valence-electron chi connectivity index (χ0n) is 5.07. The first kappa shape index (κ1) is 10.9. The van der Waals surface area contributed by atoms with Crippen molar-refractivity contribution >= 4 is 53.3 Å². The third kappa shape index (κ3) is 4.40. The molecule has 0 saturated carbocycles. The molecule has 0 nitrogen and oxygen atoms in total. The molecule has 0 aliphatic heterocycles. The maximum atomic E-state index is 5.72. The molecule has 0 bridgehead atoms. The SMILES string of the molecule is C[C@@H](Cl)[C@H](C)[Te](Cl)(Cl)Cl. The molecule has 0 radical (unpaired) electrons. The van der Waals surface area contributed by atoms with Crippen LogP contribution in [0.4, 0.5) is 0 Å². The van der Waals surface area contributed by atoms with Crippen molar-refractivity contribution in [1.82, 2.24) is 0 Å². The Bertz CT molecular complexity index is 87.1. The van der Waals surface area contributed by atoms with Crippen molar-refractivity contribution in [3.8, 4) is 0 Å². The van der Waals surface area contributed by atoms with Crippen LogP contribution in [0.5, 0.6) is 0 Å². The Morgan fingerprint density at radius 3 is 1.44 bits per heavy atom. The predicted octanol–water partition coefficient (Wildman–Crippen LogP) is 3.66. The average Bonchev–Trinajstić information content (AvgIpc) is 1.62. The second kappa shape index (κ2) is 4.10. The zero-order valence-corrected chi connectivity index (χ0v) is 10.4. The molecule has 5 heteroatoms. The second-order valence-corrected chi connectivity index (χ2v) is 20.1. The monoisotopic (exact) mass is 326 g/mol. The van der Waals surface area contributed by atoms with Gasteiger partial charge in [0.25, 0.3) is 0 Å². The zero-order chi connectivity index (χ0) is 7.65. The molecule has 0 aromatic rings. The average molecular weight is 326 g/mol. The molecule has 0 N–H and O–H groups in total. The fourth-order valence-corrected chi connectivity index (χ4v) is 6.63. The van der Waals surface area contributed by atoms with Gasteiger partial charge in [-0.1, -0.05) is 0 Å². The Morgan fingerprint density at radius 1 is 1.11 bits per heavy atom. The Hall–Kier alpha value is 1.95. The van der Waals surface area contributed by atoms with Crippen LogP contribution in [0, 0.1) is 0 Å². The topological polar surface area (TPSA) is 0 Å². The molecule has 0 aromatic carbocycles. The standard InChI is InChI=1S/C4H8Cl4Te/c1-3(5)4(2)9(6,7)8/h3-4H,1-2H3/t3-,4+/m1/s1. The minimum atomic E-state index is -3.02. The van der Waals surface area contributed by atoms with Gasteiger partial charge in [0.15, 0.2) is 0 Å². The molecule has 58 valence electrons. The Labute approximate surface area is 75.8 Å². The van der Waals surface area contributed by atoms with Crippen molar-refractivity contribution < 1.29 is 0 Å². The first-order valence-corrected chi connectivity index (χ1v) is 13.0. The van der Waals surface area contributed by atoms with Gasteiger partial charge in [0.2, 0.25) is 0 Å². The van der Waals surface area contributed by atoms with Gasteiger partial charge in [-0.2, -0.15) is 0 Å². The van der Waals surface area contributed by atoms with E-state index in [-0.39, 0.29) is 9.34 Å². The van der Waals surface area contributed by atoms with Crippen LogP contribution in [0.1, 0.15) is 13.8 Å². The van der Waals surface area contributed by atoms with Crippen LogP contribution in [-0.2, 0) is 0 Å². The van der Waals surface area contributed by atoms with Gasteiger partial charge in [0.1, 0.15) is 0 Å². The van der Waals surface area contributed by atoms with E-state index in [1.54, 1.807) is 0 Å². The molecule has 0 aliphatic carbocycles. The van der Waals surface area contributed by atoms with Crippen LogP contribution in [0.3, 0.4) is 0 Å². The van der Waals surface area contributed by atoms with Crippen LogP contribution in [0.25, 0.3) is 0 Å². The number of halogens is 4. The molecule has 0 amide bonds. The Balaban J connectivity index is 3.88. The van der Waals surface area contributed by atoms with Crippen LogP contribution in [-0.4, -0.2) is 20.2 Å². The first-order chi connectivity index (χ1) is 3.85. The van der Waals surface area contributed by atoms with E-state index in [2.05, 4.69) is 0 Å². The summed E-state index contributed by atoms with van der Waals surface area (Å²) in [5, 5.41) is -0.0290. The summed E-state index contributed by atoms with van der Waals surface area (Å²) in [4.78, 5) is 0. The van der Waals surface area contributed by atoms with Crippen LogP contribution < -0.4 is 0 Å². The van der Waals surface area contributed by atoms with Gasteiger partial charge in [-0.05, 0) is 0 Å². The van der Waals surface area contributed by atoms with E-state index in [0.717, 1.165) is 0 Å². The van der Waals surface area contributed by atoms with E-state index in [1.165, 1.54) is 0 Å². The normalized spacial score (nSPS) is 21.1. The summed E-state index contributed by atoms with van der Waals surface area (Å²) in [5.41, 5.74) is 0. The summed E-state index contributed by atoms with van der Waals surface area (Å²) >= 11 is 2.69. The number of hydrogen-bond donors (Lipinski definition) is 0. The molecule has 0 rings (SSSR count). The molecule has 0 spiro atoms. The fraction of sp³-hybridized carbons (Fsp3) is 1.00. The van der Waals surface area contributed by atoms with Crippen molar-refractivity contribution in [1.29, 1.82) is 0 Å². The summed E-state index contributed by atoms with van der Waals surface area (Å²) in [7, 11) is 17.1. The van der Waals surface area contributed by atoms with Crippen molar-refractivity contribution in [2.75, 3.05) is 0 Å². The third-order valence-corrected chi connectivity index (χ3v) is 11.1. The van der Waals surface area contributed by atoms with Gasteiger partial charge >= 0.3 is 76.5 Å². The van der Waals surface area contributed by atoms with E-state index in [9.17, 15) is 0 Å². The Morgan fingerprint density at radius 2 is 1.44 bits per heavy atom. The summed E-state index contributed by atoms with van der Waals surface area (Å²) in [6.45, 7) is 3.73. The summed E-state index contributed by atoms with van der Waals surface area (Å²) in [6.07, 6.45) is 0. The van der Waals surface area contributed by atoms with E-state index in [4.69, 9.17) is 38.5 Å². The predicted molar refractivity (Wildman–Crippen MR) is 48.1 cm³/mol. The molecule has 0 fully saturated rings. The molecule has 0 aliphatic rings. The molecular formula is C4H8Cl4Te. The van der Waals surface area contributed by atoms with Gasteiger partial charge < -0.3 is 0 Å². The van der Waals surface area contributed by atoms with Crippen LogP contribution in [0.15, 0.2) is 0 Å². The van der Waals surface area contributed by atoms with Gasteiger partial charge in [0, 0.05) is 0 Å². The van der Waals surface area contributed by atoms with Gasteiger partial charge in [0.05, 0.1) is 0 Å². The maximum absolute atomic E-state index is 5.72. The summed E-state index contributed by atoms with van der Waals surface area (Å²) in [6, 6.07) is 0. The molecule has 9 heavy (non-hydrogen) atoms. The van der Waals surface area contributed by atoms with Gasteiger partial charge in [-0.25, -0.2) is 0 Å². The van der Waals surface area contributed by atoms with Crippen molar-refractivity contribution in [2.24, 2.45) is 0 Å². The molecule has 2 atom stereocenters. The minimum absolute atomic E-state index is 0.0290. The number of hydrogen-bond acceptors (Lipinski definition) is 0. The van der Waals surface area contributed by atoms with Crippen molar-refractivity contribution in [3.05, 3.63) is 0 Å². The number of rotatable bonds is 2. The van der Waals surface area contributed by atoms with E-state index in [1.807, 2.05) is 13.8 Å². The molecule has 0 heterocycles. The van der Waals surface area contributed by atoms with E-state index < -0.39 is 14.8 Å². The first-order valence-electron chi connectivity index (χ1n) is 2.40. The Kier molecular flexibility index (Phi) is 4.98. The van der Waals surface area contributed by atoms with E-state index >= 15 is 0 Å². The quantitative estimate of drug-likeness (QED) is 0.537. The van der Waals surface area contributed by atoms with Crippen LogP contribution in [0.2, 0.25) is 3.97 Å². The summed E-state index contributed by atoms with van der Waals surface area (Å²) < 4.78 is 0.0689. The molecule has 0 aromatic heterocycles. The third-order valence-electron chi connectivity index (χ3n) is 1.07.